The molecule has 24 heavy (non-hydrogen) atoms. The largest absolute Gasteiger partial charge is 0.508 e. The Balaban J connectivity index is 1.38. The number of carbonyl (C=O) groups excluding carboxylic acids is 1. The maximum absolute atomic E-state index is 12.6. The average Bonchev–Trinajstić information content (AvgIpc) is 3.31. The molecule has 1 aliphatic heterocycles. The normalized spacial score (nSPS) is 21.1. The van der Waals surface area contributed by atoms with Crippen LogP contribution in [0, 0.1) is 5.92 Å². The van der Waals surface area contributed by atoms with E-state index in [1.54, 1.807) is 12.1 Å². The highest BCUT2D eigenvalue weighted by molar-refractivity contribution is 5.77. The first kappa shape index (κ1) is 15.2. The molecule has 2 N–H and O–H groups in total. The minimum absolute atomic E-state index is 0.137. The Morgan fingerprint density at radius 1 is 1.25 bits per heavy atom. The van der Waals surface area contributed by atoms with E-state index in [-0.39, 0.29) is 23.6 Å². The molecule has 0 spiro atoms. The van der Waals surface area contributed by atoms with Gasteiger partial charge in [0.15, 0.2) is 0 Å². The quantitative estimate of drug-likeness (QED) is 0.888. The van der Waals surface area contributed by atoms with Crippen molar-refractivity contribution in [2.24, 2.45) is 5.92 Å². The van der Waals surface area contributed by atoms with E-state index in [0.717, 1.165) is 24.9 Å². The van der Waals surface area contributed by atoms with Gasteiger partial charge >= 0.3 is 0 Å². The van der Waals surface area contributed by atoms with Gasteiger partial charge in [-0.05, 0) is 54.9 Å². The lowest BCUT2D eigenvalue weighted by Gasteiger charge is -2.25. The predicted octanol–water partition coefficient (Wildman–Crippen LogP) is 2.60. The number of aryl methyl sites for hydroxylation is 1. The number of amides is 1. The fourth-order valence-electron chi connectivity index (χ4n) is 3.75. The van der Waals surface area contributed by atoms with Crippen LogP contribution in [-0.4, -0.2) is 26.8 Å². The van der Waals surface area contributed by atoms with E-state index >= 15 is 0 Å². The molecule has 1 amide bonds. The number of benzene rings is 1. The van der Waals surface area contributed by atoms with Crippen LogP contribution in [0.1, 0.15) is 42.9 Å². The Hall–Kier alpha value is -2.30. The fraction of sp³-hybridized carbons (Fsp3) is 0.474. The number of aromatic hydroxyl groups is 1. The van der Waals surface area contributed by atoms with Crippen molar-refractivity contribution in [3.63, 3.8) is 0 Å². The molecule has 2 aromatic rings. The van der Waals surface area contributed by atoms with E-state index in [2.05, 4.69) is 10.4 Å². The first-order valence-corrected chi connectivity index (χ1v) is 8.78. The molecule has 2 unspecified atom stereocenters. The lowest BCUT2D eigenvalue weighted by molar-refractivity contribution is -0.122. The molecular weight excluding hydrogens is 302 g/mol. The minimum Gasteiger partial charge on any atom is -0.508 e. The van der Waals surface area contributed by atoms with Crippen molar-refractivity contribution >= 4 is 5.91 Å². The molecule has 0 bridgehead atoms. The lowest BCUT2D eigenvalue weighted by atomic mass is 9.90. The summed E-state index contributed by atoms with van der Waals surface area (Å²) in [4.78, 5) is 12.6. The maximum Gasteiger partial charge on any atom is 0.220 e. The molecule has 1 saturated carbocycles. The van der Waals surface area contributed by atoms with Gasteiger partial charge in [0.05, 0.1) is 0 Å². The summed E-state index contributed by atoms with van der Waals surface area (Å²) >= 11 is 0. The number of hydrogen-bond donors (Lipinski definition) is 2. The molecular formula is C19H23N3O2. The van der Waals surface area contributed by atoms with E-state index in [4.69, 9.17) is 0 Å². The molecule has 1 aromatic heterocycles. The Kier molecular flexibility index (Phi) is 4.00. The summed E-state index contributed by atoms with van der Waals surface area (Å²) in [5, 5.41) is 17.0. The molecule has 5 nitrogen and oxygen atoms in total. The van der Waals surface area contributed by atoms with Crippen molar-refractivity contribution in [3.8, 4) is 5.75 Å². The summed E-state index contributed by atoms with van der Waals surface area (Å²) in [5.74, 6) is 1.28. The number of aromatic nitrogens is 2. The third-order valence-corrected chi connectivity index (χ3v) is 5.23. The standard InChI is InChI=1S/C19H23N3O2/c23-17-5-3-14(4-6-17)18(13-1-2-13)12-19(24)21-15-8-10-22-16(11-15)7-9-20-22/h3-7,9,13,15,18,23H,1-2,8,10-12H2,(H,21,24). The van der Waals surface area contributed by atoms with Crippen molar-refractivity contribution in [3.05, 3.63) is 47.8 Å². The zero-order valence-electron chi connectivity index (χ0n) is 13.7. The van der Waals surface area contributed by atoms with Crippen LogP contribution in [0.4, 0.5) is 0 Å². The van der Waals surface area contributed by atoms with Crippen LogP contribution in [0.5, 0.6) is 5.75 Å². The highest BCUT2D eigenvalue weighted by Gasteiger charge is 2.34. The second kappa shape index (κ2) is 6.30. The molecule has 2 aliphatic rings. The third kappa shape index (κ3) is 3.30. The zero-order valence-corrected chi connectivity index (χ0v) is 13.7. The smallest absolute Gasteiger partial charge is 0.220 e. The lowest BCUT2D eigenvalue weighted by Crippen LogP contribution is -2.40. The number of nitrogens with one attached hydrogen (secondary N) is 1. The Morgan fingerprint density at radius 3 is 2.79 bits per heavy atom. The summed E-state index contributed by atoms with van der Waals surface area (Å²) in [6, 6.07) is 9.56. The molecule has 5 heteroatoms. The van der Waals surface area contributed by atoms with E-state index in [0.29, 0.717) is 12.3 Å². The van der Waals surface area contributed by atoms with Crippen LogP contribution >= 0.6 is 0 Å². The van der Waals surface area contributed by atoms with Gasteiger partial charge in [0, 0.05) is 37.3 Å². The predicted molar refractivity (Wildman–Crippen MR) is 90.7 cm³/mol. The van der Waals surface area contributed by atoms with Gasteiger partial charge in [-0.15, -0.1) is 0 Å². The maximum atomic E-state index is 12.6. The van der Waals surface area contributed by atoms with Crippen LogP contribution in [0.2, 0.25) is 0 Å². The molecule has 2 atom stereocenters. The van der Waals surface area contributed by atoms with Crippen LogP contribution in [0.15, 0.2) is 36.5 Å². The zero-order chi connectivity index (χ0) is 16.5. The minimum atomic E-state index is 0.137. The van der Waals surface area contributed by atoms with Gasteiger partial charge in [-0.25, -0.2) is 0 Å². The average molecular weight is 325 g/mol. The van der Waals surface area contributed by atoms with Gasteiger partial charge in [0.2, 0.25) is 5.91 Å². The van der Waals surface area contributed by atoms with Crippen LogP contribution in [-0.2, 0) is 17.8 Å². The van der Waals surface area contributed by atoms with Crippen molar-refractivity contribution in [1.29, 1.82) is 0 Å². The SMILES string of the molecule is O=C(CC(c1ccc(O)cc1)C1CC1)NC1CCn2nccc2C1. The van der Waals surface area contributed by atoms with Crippen LogP contribution in [0.25, 0.3) is 0 Å². The van der Waals surface area contributed by atoms with Gasteiger partial charge in [-0.2, -0.15) is 5.10 Å². The first-order valence-electron chi connectivity index (χ1n) is 8.78. The Bertz CT molecular complexity index is 718. The number of nitrogens with zero attached hydrogens (tertiary/aromatic N) is 2. The molecule has 1 fully saturated rings. The summed E-state index contributed by atoms with van der Waals surface area (Å²) in [6.45, 7) is 0.872. The molecule has 0 radical (unpaired) electrons. The third-order valence-electron chi connectivity index (χ3n) is 5.23. The number of carbonyl (C=O) groups is 1. The summed E-state index contributed by atoms with van der Waals surface area (Å²) in [5.41, 5.74) is 2.36. The van der Waals surface area contributed by atoms with Crippen molar-refractivity contribution in [1.82, 2.24) is 15.1 Å². The number of phenols is 1. The van der Waals surface area contributed by atoms with Crippen LogP contribution < -0.4 is 5.32 Å². The Labute approximate surface area is 141 Å². The van der Waals surface area contributed by atoms with Crippen LogP contribution in [0.3, 0.4) is 0 Å². The topological polar surface area (TPSA) is 67.2 Å². The van der Waals surface area contributed by atoms with Gasteiger partial charge in [0.1, 0.15) is 5.75 Å². The molecule has 1 aromatic carbocycles. The summed E-state index contributed by atoms with van der Waals surface area (Å²) in [7, 11) is 0. The second-order valence-corrected chi connectivity index (χ2v) is 7.04. The van der Waals surface area contributed by atoms with E-state index in [1.165, 1.54) is 18.5 Å². The van der Waals surface area contributed by atoms with Gasteiger partial charge in [-0.1, -0.05) is 12.1 Å². The first-order chi connectivity index (χ1) is 11.7. The summed E-state index contributed by atoms with van der Waals surface area (Å²) < 4.78 is 2.02. The number of fused-ring (bicyclic) bond motifs is 1. The van der Waals surface area contributed by atoms with Crippen molar-refractivity contribution < 1.29 is 9.90 Å². The monoisotopic (exact) mass is 325 g/mol. The molecule has 126 valence electrons. The van der Waals surface area contributed by atoms with Gasteiger partial charge in [0.25, 0.3) is 0 Å². The highest BCUT2D eigenvalue weighted by Crippen LogP contribution is 2.44. The summed E-state index contributed by atoms with van der Waals surface area (Å²) in [6.07, 6.45) is 6.55. The number of rotatable bonds is 5. The van der Waals surface area contributed by atoms with E-state index < -0.39 is 0 Å². The molecule has 1 aliphatic carbocycles. The van der Waals surface area contributed by atoms with E-state index in [1.807, 2.05) is 29.1 Å². The van der Waals surface area contributed by atoms with E-state index in [9.17, 15) is 9.90 Å². The molecule has 0 saturated heterocycles. The molecule has 4 rings (SSSR count). The number of phenolic OH excluding ortho intramolecular Hbond substituents is 1. The second-order valence-electron chi connectivity index (χ2n) is 7.04. The van der Waals surface area contributed by atoms with Gasteiger partial charge in [-0.3, -0.25) is 9.48 Å². The highest BCUT2D eigenvalue weighted by atomic mass is 16.3. The van der Waals surface area contributed by atoms with Crippen molar-refractivity contribution in [2.45, 2.75) is 50.6 Å². The Morgan fingerprint density at radius 2 is 2.04 bits per heavy atom. The fourth-order valence-corrected chi connectivity index (χ4v) is 3.75. The van der Waals surface area contributed by atoms with Crippen molar-refractivity contribution in [2.75, 3.05) is 0 Å². The number of hydrogen-bond acceptors (Lipinski definition) is 3. The van der Waals surface area contributed by atoms with Gasteiger partial charge < -0.3 is 10.4 Å². The molecule has 2 heterocycles.